The molecule has 0 aliphatic heterocycles. The molecule has 1 aromatic rings. The molecule has 0 bridgehead atoms. The molecule has 0 unspecified atom stereocenters. The lowest BCUT2D eigenvalue weighted by molar-refractivity contribution is -0.114. The number of aromatic nitrogens is 1. The van der Waals surface area contributed by atoms with Gasteiger partial charge in [-0.05, 0) is 18.6 Å². The predicted molar refractivity (Wildman–Crippen MR) is 68.4 cm³/mol. The molecule has 0 aliphatic carbocycles. The zero-order valence-corrected chi connectivity index (χ0v) is 10.3. The third kappa shape index (κ3) is 4.68. The van der Waals surface area contributed by atoms with Crippen molar-refractivity contribution in [2.75, 3.05) is 11.9 Å². The van der Waals surface area contributed by atoms with E-state index in [9.17, 15) is 4.79 Å². The molecular weight excluding hydrogens is 216 g/mol. The van der Waals surface area contributed by atoms with Crippen molar-refractivity contribution in [3.8, 4) is 0 Å². The monoisotopic (exact) mass is 234 g/mol. The molecular formula is C13H18N2O2. The molecule has 0 aliphatic rings. The Bertz CT molecular complexity index is 385. The summed E-state index contributed by atoms with van der Waals surface area (Å²) in [6.45, 7) is 8.06. The van der Waals surface area contributed by atoms with Gasteiger partial charge in [0.05, 0.1) is 6.61 Å². The molecule has 0 saturated heterocycles. The molecule has 0 saturated carbocycles. The summed E-state index contributed by atoms with van der Waals surface area (Å²) in [5.41, 5.74) is 0.829. The zero-order valence-electron chi connectivity index (χ0n) is 10.3. The lowest BCUT2D eigenvalue weighted by atomic mass is 10.2. The Morgan fingerprint density at radius 1 is 1.53 bits per heavy atom. The Hall–Kier alpha value is -1.84. The van der Waals surface area contributed by atoms with E-state index >= 15 is 0 Å². The second kappa shape index (κ2) is 6.68. The number of amides is 1. The molecule has 0 fully saturated rings. The van der Waals surface area contributed by atoms with Gasteiger partial charge in [0.15, 0.2) is 0 Å². The zero-order chi connectivity index (χ0) is 12.7. The van der Waals surface area contributed by atoms with Gasteiger partial charge in [-0.25, -0.2) is 4.98 Å². The van der Waals surface area contributed by atoms with Crippen LogP contribution in [0.2, 0.25) is 0 Å². The summed E-state index contributed by atoms with van der Waals surface area (Å²) in [6, 6.07) is 3.55. The van der Waals surface area contributed by atoms with Gasteiger partial charge in [0, 0.05) is 18.7 Å². The van der Waals surface area contributed by atoms with Crippen LogP contribution in [0.25, 0.3) is 5.76 Å². The molecule has 17 heavy (non-hydrogen) atoms. The van der Waals surface area contributed by atoms with E-state index in [0.29, 0.717) is 18.2 Å². The number of unbranched alkanes of at least 4 members (excludes halogenated alkanes) is 1. The highest BCUT2D eigenvalue weighted by Crippen LogP contribution is 2.15. The van der Waals surface area contributed by atoms with Gasteiger partial charge in [-0.2, -0.15) is 0 Å². The van der Waals surface area contributed by atoms with E-state index < -0.39 is 0 Å². The maximum Gasteiger partial charge on any atom is 0.222 e. The predicted octanol–water partition coefficient (Wildman–Crippen LogP) is 2.83. The Morgan fingerprint density at radius 3 is 2.82 bits per heavy atom. The highest BCUT2D eigenvalue weighted by molar-refractivity contribution is 5.87. The quantitative estimate of drug-likeness (QED) is 0.608. The van der Waals surface area contributed by atoms with E-state index in [1.54, 1.807) is 12.3 Å². The standard InChI is InChI=1S/C13H18N2O2/c1-4-5-8-17-10(2)12-6-7-13(14-9-12)15-11(3)16/h6-7,9H,2,4-5,8H2,1,3H3,(H,14,15,16). The first kappa shape index (κ1) is 13.2. The van der Waals surface area contributed by atoms with E-state index in [1.807, 2.05) is 6.07 Å². The normalized spacial score (nSPS) is 9.76. The molecule has 0 radical (unpaired) electrons. The van der Waals surface area contributed by atoms with Crippen LogP contribution in [-0.4, -0.2) is 17.5 Å². The number of carbonyl (C=O) groups is 1. The van der Waals surface area contributed by atoms with Crippen molar-refractivity contribution in [3.05, 3.63) is 30.5 Å². The fourth-order valence-corrected chi connectivity index (χ4v) is 1.24. The third-order valence-electron chi connectivity index (χ3n) is 2.16. The molecule has 1 N–H and O–H groups in total. The summed E-state index contributed by atoms with van der Waals surface area (Å²) in [5, 5.41) is 2.60. The van der Waals surface area contributed by atoms with Gasteiger partial charge in [0.1, 0.15) is 11.6 Å². The minimum Gasteiger partial charge on any atom is -0.494 e. The summed E-state index contributed by atoms with van der Waals surface area (Å²) in [4.78, 5) is 14.9. The van der Waals surface area contributed by atoms with E-state index in [-0.39, 0.29) is 5.91 Å². The lowest BCUT2D eigenvalue weighted by Gasteiger charge is -2.09. The van der Waals surface area contributed by atoms with Crippen LogP contribution in [0.15, 0.2) is 24.9 Å². The number of nitrogens with one attached hydrogen (secondary N) is 1. The molecule has 1 aromatic heterocycles. The van der Waals surface area contributed by atoms with Crippen molar-refractivity contribution >= 4 is 17.5 Å². The molecule has 0 aromatic carbocycles. The lowest BCUT2D eigenvalue weighted by Crippen LogP contribution is -2.07. The Balaban J connectivity index is 2.54. The molecule has 4 heteroatoms. The fraction of sp³-hybridized carbons (Fsp3) is 0.385. The van der Waals surface area contributed by atoms with Gasteiger partial charge in [-0.3, -0.25) is 4.79 Å². The minimum atomic E-state index is -0.136. The van der Waals surface area contributed by atoms with Crippen LogP contribution in [0.5, 0.6) is 0 Å². The molecule has 0 atom stereocenters. The number of rotatable bonds is 6. The first-order valence-electron chi connectivity index (χ1n) is 5.69. The summed E-state index contributed by atoms with van der Waals surface area (Å²) >= 11 is 0. The van der Waals surface area contributed by atoms with Gasteiger partial charge in [-0.1, -0.05) is 19.9 Å². The number of hydrogen-bond acceptors (Lipinski definition) is 3. The van der Waals surface area contributed by atoms with Crippen LogP contribution in [0, 0.1) is 0 Å². The van der Waals surface area contributed by atoms with Gasteiger partial charge >= 0.3 is 0 Å². The molecule has 1 amide bonds. The van der Waals surface area contributed by atoms with Crippen molar-refractivity contribution < 1.29 is 9.53 Å². The second-order valence-electron chi connectivity index (χ2n) is 3.74. The molecule has 1 rings (SSSR count). The van der Waals surface area contributed by atoms with Crippen molar-refractivity contribution in [3.63, 3.8) is 0 Å². The highest BCUT2D eigenvalue weighted by atomic mass is 16.5. The van der Waals surface area contributed by atoms with Gasteiger partial charge in [-0.15, -0.1) is 0 Å². The average molecular weight is 234 g/mol. The Labute approximate surface area is 102 Å². The third-order valence-corrected chi connectivity index (χ3v) is 2.16. The van der Waals surface area contributed by atoms with Crippen LogP contribution in [0.3, 0.4) is 0 Å². The fourth-order valence-electron chi connectivity index (χ4n) is 1.24. The Kier molecular flexibility index (Phi) is 5.20. The van der Waals surface area contributed by atoms with Crippen LogP contribution in [0.1, 0.15) is 32.3 Å². The molecule has 0 spiro atoms. The number of carbonyl (C=O) groups excluding carboxylic acids is 1. The number of hydrogen-bond donors (Lipinski definition) is 1. The average Bonchev–Trinajstić information content (AvgIpc) is 2.29. The largest absolute Gasteiger partial charge is 0.494 e. The summed E-state index contributed by atoms with van der Waals surface area (Å²) in [6.07, 6.45) is 3.74. The van der Waals surface area contributed by atoms with Crippen LogP contribution >= 0.6 is 0 Å². The summed E-state index contributed by atoms with van der Waals surface area (Å²) in [7, 11) is 0. The van der Waals surface area contributed by atoms with Crippen molar-refractivity contribution in [2.24, 2.45) is 0 Å². The first-order chi connectivity index (χ1) is 8.13. The van der Waals surface area contributed by atoms with Gasteiger partial charge in [0.2, 0.25) is 5.91 Å². The summed E-state index contributed by atoms with van der Waals surface area (Å²) < 4.78 is 5.47. The van der Waals surface area contributed by atoms with Gasteiger partial charge in [0.25, 0.3) is 0 Å². The smallest absolute Gasteiger partial charge is 0.222 e. The van der Waals surface area contributed by atoms with Crippen molar-refractivity contribution in [1.29, 1.82) is 0 Å². The molecule has 4 nitrogen and oxygen atoms in total. The molecule has 1 heterocycles. The SMILES string of the molecule is C=C(OCCCC)c1ccc(NC(C)=O)nc1. The minimum absolute atomic E-state index is 0.136. The maximum absolute atomic E-state index is 10.8. The van der Waals surface area contributed by atoms with Gasteiger partial charge < -0.3 is 10.1 Å². The maximum atomic E-state index is 10.8. The van der Waals surface area contributed by atoms with E-state index in [4.69, 9.17) is 4.74 Å². The Morgan fingerprint density at radius 2 is 2.29 bits per heavy atom. The number of nitrogens with zero attached hydrogens (tertiary/aromatic N) is 1. The van der Waals surface area contributed by atoms with Crippen molar-refractivity contribution in [1.82, 2.24) is 4.98 Å². The van der Waals surface area contributed by atoms with Crippen LogP contribution in [0.4, 0.5) is 5.82 Å². The van der Waals surface area contributed by atoms with E-state index in [2.05, 4.69) is 23.8 Å². The van der Waals surface area contributed by atoms with E-state index in [0.717, 1.165) is 18.4 Å². The number of ether oxygens (including phenoxy) is 1. The second-order valence-corrected chi connectivity index (χ2v) is 3.74. The highest BCUT2D eigenvalue weighted by Gasteiger charge is 2.02. The topological polar surface area (TPSA) is 51.2 Å². The summed E-state index contributed by atoms with van der Waals surface area (Å²) in [5.74, 6) is 1.01. The van der Waals surface area contributed by atoms with E-state index in [1.165, 1.54) is 6.92 Å². The van der Waals surface area contributed by atoms with Crippen LogP contribution in [-0.2, 0) is 9.53 Å². The first-order valence-corrected chi connectivity index (χ1v) is 5.69. The van der Waals surface area contributed by atoms with Crippen LogP contribution < -0.4 is 5.32 Å². The number of anilines is 1. The van der Waals surface area contributed by atoms with Crippen molar-refractivity contribution in [2.45, 2.75) is 26.7 Å². The number of pyridine rings is 1. The molecule has 92 valence electrons.